The maximum absolute atomic E-state index is 13.7. The van der Waals surface area contributed by atoms with Crippen molar-refractivity contribution < 1.29 is 9.59 Å². The molecule has 162 valence electrons. The van der Waals surface area contributed by atoms with E-state index in [2.05, 4.69) is 0 Å². The number of anilines is 2. The normalized spacial score (nSPS) is 13.8. The van der Waals surface area contributed by atoms with E-state index < -0.39 is 0 Å². The van der Waals surface area contributed by atoms with Gasteiger partial charge in [0.1, 0.15) is 10.6 Å². The average molecular weight is 463 g/mol. The predicted molar refractivity (Wildman–Crippen MR) is 132 cm³/mol. The molecule has 6 heteroatoms. The number of rotatable bonds is 6. The van der Waals surface area contributed by atoms with Gasteiger partial charge in [0.25, 0.3) is 11.8 Å². The number of carbonyl (C=O) groups is 2. The SMILES string of the molecule is CCN(C1=C(Sc2ccc(C)cc2)C(=O)N(c2ccc(Cl)cc2C)C1=O)c1ccccc1. The summed E-state index contributed by atoms with van der Waals surface area (Å²) in [6, 6.07) is 22.8. The molecule has 0 fully saturated rings. The van der Waals surface area contributed by atoms with Crippen molar-refractivity contribution in [2.45, 2.75) is 25.7 Å². The van der Waals surface area contributed by atoms with Gasteiger partial charge >= 0.3 is 0 Å². The Bertz CT molecular complexity index is 1210. The lowest BCUT2D eigenvalue weighted by atomic mass is 10.2. The molecule has 0 bridgehead atoms. The lowest BCUT2D eigenvalue weighted by Crippen LogP contribution is -2.35. The monoisotopic (exact) mass is 462 g/mol. The van der Waals surface area contributed by atoms with Crippen molar-refractivity contribution in [3.63, 3.8) is 0 Å². The fourth-order valence-electron chi connectivity index (χ4n) is 3.72. The second-order valence-electron chi connectivity index (χ2n) is 7.55. The molecule has 1 heterocycles. The van der Waals surface area contributed by atoms with E-state index in [4.69, 9.17) is 11.6 Å². The molecule has 3 aromatic rings. The van der Waals surface area contributed by atoms with Gasteiger partial charge in [0.2, 0.25) is 0 Å². The van der Waals surface area contributed by atoms with E-state index in [0.717, 1.165) is 21.7 Å². The number of hydrogen-bond donors (Lipinski definition) is 0. The number of likely N-dealkylation sites (N-methyl/N-ethyl adjacent to an activating group) is 1. The van der Waals surface area contributed by atoms with Crippen molar-refractivity contribution in [3.05, 3.63) is 99.5 Å². The zero-order chi connectivity index (χ0) is 22.8. The maximum Gasteiger partial charge on any atom is 0.283 e. The highest BCUT2D eigenvalue weighted by atomic mass is 35.5. The van der Waals surface area contributed by atoms with Crippen LogP contribution in [-0.4, -0.2) is 18.4 Å². The van der Waals surface area contributed by atoms with E-state index in [1.54, 1.807) is 18.2 Å². The van der Waals surface area contributed by atoms with Crippen molar-refractivity contribution in [2.24, 2.45) is 0 Å². The molecule has 0 aromatic heterocycles. The van der Waals surface area contributed by atoms with E-state index in [1.807, 2.05) is 80.3 Å². The van der Waals surface area contributed by atoms with Crippen molar-refractivity contribution >= 4 is 46.6 Å². The fraction of sp³-hybridized carbons (Fsp3) is 0.154. The average Bonchev–Trinajstić information content (AvgIpc) is 3.01. The minimum atomic E-state index is -0.333. The van der Waals surface area contributed by atoms with Crippen LogP contribution in [0.5, 0.6) is 0 Å². The Morgan fingerprint density at radius 3 is 2.22 bits per heavy atom. The molecule has 3 aromatic carbocycles. The van der Waals surface area contributed by atoms with Crippen molar-refractivity contribution in [3.8, 4) is 0 Å². The molecule has 2 amide bonds. The standard InChI is InChI=1S/C26H23ClN2O2S/c1-4-28(20-8-6-5-7-9-20)23-24(32-21-13-10-17(2)11-14-21)26(31)29(25(23)30)22-15-12-19(27)16-18(22)3/h5-16H,4H2,1-3H3. The number of nitrogens with zero attached hydrogens (tertiary/aromatic N) is 2. The minimum Gasteiger partial charge on any atom is -0.336 e. The molecule has 0 spiro atoms. The summed E-state index contributed by atoms with van der Waals surface area (Å²) in [6.07, 6.45) is 0. The molecule has 32 heavy (non-hydrogen) atoms. The molecule has 0 aliphatic carbocycles. The maximum atomic E-state index is 13.7. The van der Waals surface area contributed by atoms with E-state index >= 15 is 0 Å². The molecule has 0 N–H and O–H groups in total. The topological polar surface area (TPSA) is 40.6 Å². The zero-order valence-electron chi connectivity index (χ0n) is 18.1. The Kier molecular flexibility index (Phi) is 6.40. The lowest BCUT2D eigenvalue weighted by Gasteiger charge is -2.25. The summed E-state index contributed by atoms with van der Waals surface area (Å²) in [4.78, 5) is 31.9. The molecule has 4 rings (SSSR count). The molecule has 4 nitrogen and oxygen atoms in total. The highest BCUT2D eigenvalue weighted by Gasteiger charge is 2.43. The van der Waals surface area contributed by atoms with Gasteiger partial charge in [-0.05, 0) is 68.8 Å². The number of amides is 2. The molecular weight excluding hydrogens is 440 g/mol. The summed E-state index contributed by atoms with van der Waals surface area (Å²) in [5, 5.41) is 0.562. The lowest BCUT2D eigenvalue weighted by molar-refractivity contribution is -0.120. The van der Waals surface area contributed by atoms with Gasteiger partial charge in [-0.1, -0.05) is 59.3 Å². The number of halogens is 1. The van der Waals surface area contributed by atoms with Gasteiger partial charge < -0.3 is 4.90 Å². The van der Waals surface area contributed by atoms with Crippen LogP contribution in [-0.2, 0) is 9.59 Å². The molecule has 1 aliphatic heterocycles. The molecule has 0 unspecified atom stereocenters. The summed E-state index contributed by atoms with van der Waals surface area (Å²) in [6.45, 7) is 6.38. The second kappa shape index (κ2) is 9.23. The van der Waals surface area contributed by atoms with Gasteiger partial charge in [-0.3, -0.25) is 9.59 Å². The van der Waals surface area contributed by atoms with Crippen LogP contribution in [0.15, 0.2) is 88.3 Å². The Morgan fingerprint density at radius 2 is 1.59 bits per heavy atom. The van der Waals surface area contributed by atoms with E-state index in [-0.39, 0.29) is 11.8 Å². The third-order valence-corrected chi connectivity index (χ3v) is 6.63. The van der Waals surface area contributed by atoms with Crippen LogP contribution in [0.3, 0.4) is 0 Å². The van der Waals surface area contributed by atoms with Crippen LogP contribution in [0.25, 0.3) is 0 Å². The Morgan fingerprint density at radius 1 is 0.906 bits per heavy atom. The number of thioether (sulfide) groups is 1. The Labute approximate surface area is 197 Å². The van der Waals surface area contributed by atoms with Gasteiger partial charge in [0.05, 0.1) is 5.69 Å². The summed E-state index contributed by atoms with van der Waals surface area (Å²) in [7, 11) is 0. The van der Waals surface area contributed by atoms with Gasteiger partial charge in [0.15, 0.2) is 0 Å². The molecule has 0 atom stereocenters. The largest absolute Gasteiger partial charge is 0.336 e. The minimum absolute atomic E-state index is 0.324. The van der Waals surface area contributed by atoms with Crippen LogP contribution in [0.2, 0.25) is 5.02 Å². The molecule has 0 saturated heterocycles. The predicted octanol–water partition coefficient (Wildman–Crippen LogP) is 6.36. The first-order valence-electron chi connectivity index (χ1n) is 10.4. The van der Waals surface area contributed by atoms with Crippen molar-refractivity contribution in [2.75, 3.05) is 16.3 Å². The van der Waals surface area contributed by atoms with Crippen LogP contribution >= 0.6 is 23.4 Å². The second-order valence-corrected chi connectivity index (χ2v) is 9.07. The highest BCUT2D eigenvalue weighted by molar-refractivity contribution is 8.04. The van der Waals surface area contributed by atoms with Crippen molar-refractivity contribution in [1.82, 2.24) is 0 Å². The van der Waals surface area contributed by atoms with E-state index in [1.165, 1.54) is 16.7 Å². The van der Waals surface area contributed by atoms with Gasteiger partial charge in [-0.25, -0.2) is 4.90 Å². The number of carbonyl (C=O) groups excluding carboxylic acids is 2. The summed E-state index contributed by atoms with van der Waals surface area (Å²) in [5.74, 6) is -0.656. The third kappa shape index (κ3) is 4.18. The number of imide groups is 1. The number of hydrogen-bond acceptors (Lipinski definition) is 4. The first-order chi connectivity index (χ1) is 15.4. The van der Waals surface area contributed by atoms with Gasteiger partial charge in [-0.2, -0.15) is 0 Å². The van der Waals surface area contributed by atoms with E-state index in [9.17, 15) is 9.59 Å². The molecule has 0 radical (unpaired) electrons. The van der Waals surface area contributed by atoms with Gasteiger partial charge in [0, 0.05) is 22.2 Å². The number of para-hydroxylation sites is 1. The molecule has 0 saturated carbocycles. The smallest absolute Gasteiger partial charge is 0.283 e. The number of benzene rings is 3. The molecular formula is C26H23ClN2O2S. The van der Waals surface area contributed by atoms with Crippen molar-refractivity contribution in [1.29, 1.82) is 0 Å². The van der Waals surface area contributed by atoms with Crippen LogP contribution in [0.1, 0.15) is 18.1 Å². The summed E-state index contributed by atoms with van der Waals surface area (Å²) in [5.41, 5.74) is 3.70. The Hall–Kier alpha value is -3.02. The first-order valence-corrected chi connectivity index (χ1v) is 11.6. The van der Waals surface area contributed by atoms with Crippen LogP contribution in [0.4, 0.5) is 11.4 Å². The zero-order valence-corrected chi connectivity index (χ0v) is 19.7. The Balaban J connectivity index is 1.84. The third-order valence-electron chi connectivity index (χ3n) is 5.31. The van der Waals surface area contributed by atoms with Crippen LogP contribution < -0.4 is 9.80 Å². The van der Waals surface area contributed by atoms with E-state index in [0.29, 0.717) is 27.9 Å². The summed E-state index contributed by atoms with van der Waals surface area (Å²) < 4.78 is 0. The fourth-order valence-corrected chi connectivity index (χ4v) is 4.93. The van der Waals surface area contributed by atoms with Crippen LogP contribution in [0, 0.1) is 13.8 Å². The highest BCUT2D eigenvalue weighted by Crippen LogP contribution is 2.41. The quantitative estimate of drug-likeness (QED) is 0.399. The molecule has 1 aliphatic rings. The summed E-state index contributed by atoms with van der Waals surface area (Å²) >= 11 is 7.44. The number of aryl methyl sites for hydroxylation is 2. The van der Waals surface area contributed by atoms with Gasteiger partial charge in [-0.15, -0.1) is 0 Å². The first kappa shape index (κ1) is 22.2.